The van der Waals surface area contributed by atoms with Gasteiger partial charge in [-0.3, -0.25) is 14.4 Å². The van der Waals surface area contributed by atoms with Gasteiger partial charge in [0.25, 0.3) is 0 Å². The SMILES string of the molecule is C[C@H](NC(=O)C(C)(C)C)C(=O)N1CC[C@H](C)[C@H]1C(N)=O. The maximum absolute atomic E-state index is 12.4. The topological polar surface area (TPSA) is 92.5 Å². The number of nitrogens with zero attached hydrogens (tertiary/aromatic N) is 1. The molecule has 6 heteroatoms. The van der Waals surface area contributed by atoms with Gasteiger partial charge in [-0.05, 0) is 19.3 Å². The predicted molar refractivity (Wildman–Crippen MR) is 75.5 cm³/mol. The lowest BCUT2D eigenvalue weighted by Gasteiger charge is -2.28. The van der Waals surface area contributed by atoms with Crippen molar-refractivity contribution in [3.8, 4) is 0 Å². The van der Waals surface area contributed by atoms with Crippen LogP contribution in [0.15, 0.2) is 0 Å². The Morgan fingerprint density at radius 3 is 2.30 bits per heavy atom. The quantitative estimate of drug-likeness (QED) is 0.778. The third kappa shape index (κ3) is 3.49. The number of primary amides is 1. The molecular formula is C14H25N3O3. The van der Waals surface area contributed by atoms with Gasteiger partial charge >= 0.3 is 0 Å². The number of rotatable bonds is 3. The van der Waals surface area contributed by atoms with Crippen LogP contribution in [0.5, 0.6) is 0 Å². The number of carbonyl (C=O) groups is 3. The number of amides is 3. The molecule has 0 spiro atoms. The monoisotopic (exact) mass is 283 g/mol. The van der Waals surface area contributed by atoms with Gasteiger partial charge in [-0.25, -0.2) is 0 Å². The first-order chi connectivity index (χ1) is 9.05. The van der Waals surface area contributed by atoms with Gasteiger partial charge in [-0.2, -0.15) is 0 Å². The molecule has 1 fully saturated rings. The van der Waals surface area contributed by atoms with Gasteiger partial charge in [0.05, 0.1) is 0 Å². The van der Waals surface area contributed by atoms with Crippen molar-refractivity contribution in [2.45, 2.75) is 53.1 Å². The number of likely N-dealkylation sites (tertiary alicyclic amines) is 1. The highest BCUT2D eigenvalue weighted by Crippen LogP contribution is 2.24. The van der Waals surface area contributed by atoms with Crippen molar-refractivity contribution in [2.75, 3.05) is 6.54 Å². The lowest BCUT2D eigenvalue weighted by atomic mass is 9.95. The van der Waals surface area contributed by atoms with Crippen LogP contribution in [0.3, 0.4) is 0 Å². The van der Waals surface area contributed by atoms with Gasteiger partial charge in [-0.15, -0.1) is 0 Å². The largest absolute Gasteiger partial charge is 0.368 e. The highest BCUT2D eigenvalue weighted by Gasteiger charge is 2.40. The minimum atomic E-state index is -0.658. The van der Waals surface area contributed by atoms with Gasteiger partial charge < -0.3 is 16.0 Å². The fourth-order valence-corrected chi connectivity index (χ4v) is 2.35. The Bertz CT molecular complexity index is 414. The Hall–Kier alpha value is -1.59. The molecule has 3 atom stereocenters. The third-order valence-corrected chi connectivity index (χ3v) is 3.67. The van der Waals surface area contributed by atoms with E-state index in [0.717, 1.165) is 6.42 Å². The van der Waals surface area contributed by atoms with Crippen LogP contribution >= 0.6 is 0 Å². The molecule has 3 amide bonds. The molecule has 1 aliphatic heterocycles. The molecule has 0 unspecified atom stereocenters. The number of nitrogens with one attached hydrogen (secondary N) is 1. The summed E-state index contributed by atoms with van der Waals surface area (Å²) in [5, 5.41) is 2.69. The van der Waals surface area contributed by atoms with Crippen molar-refractivity contribution in [3.05, 3.63) is 0 Å². The minimum absolute atomic E-state index is 0.0574. The van der Waals surface area contributed by atoms with Gasteiger partial charge in [0.1, 0.15) is 12.1 Å². The second-order valence-corrected chi connectivity index (χ2v) is 6.59. The fraction of sp³-hybridized carbons (Fsp3) is 0.786. The first-order valence-corrected chi connectivity index (χ1v) is 6.96. The smallest absolute Gasteiger partial charge is 0.245 e. The summed E-state index contributed by atoms with van der Waals surface area (Å²) in [4.78, 5) is 37.2. The number of carbonyl (C=O) groups excluding carboxylic acids is 3. The average Bonchev–Trinajstić information content (AvgIpc) is 2.68. The molecule has 0 aromatic carbocycles. The standard InChI is InChI=1S/C14H25N3O3/c1-8-6-7-17(10(8)11(15)18)12(19)9(2)16-13(20)14(3,4)5/h8-10H,6-7H2,1-5H3,(H2,15,18)(H,16,20)/t8-,9-,10-/m0/s1. The van der Waals surface area contributed by atoms with Crippen molar-refractivity contribution < 1.29 is 14.4 Å². The molecule has 1 aliphatic rings. The summed E-state index contributed by atoms with van der Waals surface area (Å²) in [6, 6.07) is -1.23. The van der Waals surface area contributed by atoms with E-state index in [4.69, 9.17) is 5.73 Å². The van der Waals surface area contributed by atoms with E-state index in [1.165, 1.54) is 4.90 Å². The van der Waals surface area contributed by atoms with Crippen molar-refractivity contribution in [2.24, 2.45) is 17.1 Å². The summed E-state index contributed by atoms with van der Waals surface area (Å²) >= 11 is 0. The zero-order valence-electron chi connectivity index (χ0n) is 12.9. The normalized spacial score (nSPS) is 24.4. The molecule has 3 N–H and O–H groups in total. The zero-order chi connectivity index (χ0) is 15.7. The Balaban J connectivity index is 2.75. The molecule has 1 saturated heterocycles. The predicted octanol–water partition coefficient (Wildman–Crippen LogP) is 0.260. The van der Waals surface area contributed by atoms with Crippen LogP contribution < -0.4 is 11.1 Å². The van der Waals surface area contributed by atoms with Gasteiger partial charge in [0, 0.05) is 12.0 Å². The third-order valence-electron chi connectivity index (χ3n) is 3.67. The van der Waals surface area contributed by atoms with Crippen LogP contribution in [0.25, 0.3) is 0 Å². The molecule has 0 aliphatic carbocycles. The summed E-state index contributed by atoms with van der Waals surface area (Å²) in [5.41, 5.74) is 4.81. The molecule has 0 aromatic heterocycles. The van der Waals surface area contributed by atoms with E-state index in [1.807, 2.05) is 6.92 Å². The van der Waals surface area contributed by atoms with E-state index >= 15 is 0 Å². The fourth-order valence-electron chi connectivity index (χ4n) is 2.35. The summed E-state index contributed by atoms with van der Waals surface area (Å²) in [6.07, 6.45) is 0.749. The average molecular weight is 283 g/mol. The molecule has 1 rings (SSSR count). The first kappa shape index (κ1) is 16.5. The van der Waals surface area contributed by atoms with Crippen molar-refractivity contribution in [1.29, 1.82) is 0 Å². The van der Waals surface area contributed by atoms with Crippen LogP contribution in [0.2, 0.25) is 0 Å². The molecule has 6 nitrogen and oxygen atoms in total. The minimum Gasteiger partial charge on any atom is -0.368 e. The maximum atomic E-state index is 12.4. The Labute approximate surface area is 120 Å². The summed E-state index contributed by atoms with van der Waals surface area (Å²) in [5.74, 6) is -0.878. The van der Waals surface area contributed by atoms with Gasteiger partial charge in [-0.1, -0.05) is 27.7 Å². The van der Waals surface area contributed by atoms with Gasteiger partial charge in [0.15, 0.2) is 0 Å². The number of hydrogen-bond acceptors (Lipinski definition) is 3. The number of nitrogens with two attached hydrogens (primary N) is 1. The second kappa shape index (κ2) is 5.81. The first-order valence-electron chi connectivity index (χ1n) is 6.96. The van der Waals surface area contributed by atoms with E-state index in [0.29, 0.717) is 6.54 Å². The van der Waals surface area contributed by atoms with Crippen LogP contribution in [-0.4, -0.2) is 41.2 Å². The molecule has 0 aromatic rings. The molecule has 1 heterocycles. The van der Waals surface area contributed by atoms with Crippen LogP contribution in [-0.2, 0) is 14.4 Å². The molecular weight excluding hydrogens is 258 g/mol. The molecule has 20 heavy (non-hydrogen) atoms. The lowest BCUT2D eigenvalue weighted by molar-refractivity contribution is -0.141. The van der Waals surface area contributed by atoms with Crippen LogP contribution in [0.4, 0.5) is 0 Å². The second-order valence-electron chi connectivity index (χ2n) is 6.59. The molecule has 0 bridgehead atoms. The molecule has 0 radical (unpaired) electrons. The zero-order valence-corrected chi connectivity index (χ0v) is 12.9. The highest BCUT2D eigenvalue weighted by molar-refractivity contribution is 5.92. The van der Waals surface area contributed by atoms with Crippen molar-refractivity contribution in [3.63, 3.8) is 0 Å². The highest BCUT2D eigenvalue weighted by atomic mass is 16.2. The lowest BCUT2D eigenvalue weighted by Crippen LogP contribution is -2.54. The molecule has 0 saturated carbocycles. The summed E-state index contributed by atoms with van der Waals surface area (Å²) in [6.45, 7) is 9.38. The van der Waals surface area contributed by atoms with Gasteiger partial charge in [0.2, 0.25) is 17.7 Å². The van der Waals surface area contributed by atoms with Crippen molar-refractivity contribution in [1.82, 2.24) is 10.2 Å². The maximum Gasteiger partial charge on any atom is 0.245 e. The van der Waals surface area contributed by atoms with Crippen molar-refractivity contribution >= 4 is 17.7 Å². The van der Waals surface area contributed by atoms with Crippen LogP contribution in [0.1, 0.15) is 41.0 Å². The van der Waals surface area contributed by atoms with E-state index < -0.39 is 23.4 Å². The Morgan fingerprint density at radius 1 is 1.30 bits per heavy atom. The van der Waals surface area contributed by atoms with Crippen LogP contribution in [0, 0.1) is 11.3 Å². The Morgan fingerprint density at radius 2 is 1.85 bits per heavy atom. The number of hydrogen-bond donors (Lipinski definition) is 2. The summed E-state index contributed by atoms with van der Waals surface area (Å²) < 4.78 is 0. The summed E-state index contributed by atoms with van der Waals surface area (Å²) in [7, 11) is 0. The van der Waals surface area contributed by atoms with E-state index in [1.54, 1.807) is 27.7 Å². The van der Waals surface area contributed by atoms with E-state index in [-0.39, 0.29) is 17.7 Å². The van der Waals surface area contributed by atoms with E-state index in [2.05, 4.69) is 5.32 Å². The Kier molecular flexibility index (Phi) is 4.78. The van der Waals surface area contributed by atoms with E-state index in [9.17, 15) is 14.4 Å². The molecule has 114 valence electrons.